The van der Waals surface area contributed by atoms with Gasteiger partial charge < -0.3 is 0 Å². The van der Waals surface area contributed by atoms with Gasteiger partial charge in [-0.1, -0.05) is 18.2 Å². The van der Waals surface area contributed by atoms with Gasteiger partial charge >= 0.3 is 0 Å². The average molecular weight is 382 g/mol. The molecule has 25 heavy (non-hydrogen) atoms. The Labute approximate surface area is 147 Å². The number of hydrogen-bond donors (Lipinski definition) is 2. The van der Waals surface area contributed by atoms with Crippen LogP contribution in [0.2, 0.25) is 0 Å². The van der Waals surface area contributed by atoms with Crippen molar-refractivity contribution in [3.63, 3.8) is 0 Å². The Morgan fingerprint density at radius 3 is 2.04 bits per heavy atom. The third-order valence-electron chi connectivity index (χ3n) is 3.57. The first kappa shape index (κ1) is 19.1. The molecule has 0 fully saturated rings. The molecule has 0 radical (unpaired) electrons. The summed E-state index contributed by atoms with van der Waals surface area (Å²) in [5.41, 5.74) is 1.01. The van der Waals surface area contributed by atoms with Crippen LogP contribution in [0.5, 0.6) is 0 Å². The molecule has 2 N–H and O–H groups in total. The van der Waals surface area contributed by atoms with Crippen LogP contribution in [-0.2, 0) is 20.0 Å². The maximum Gasteiger partial charge on any atom is 0.261 e. The molecule has 0 aliphatic heterocycles. The van der Waals surface area contributed by atoms with Crippen molar-refractivity contribution >= 4 is 31.5 Å². The lowest BCUT2D eigenvalue weighted by molar-refractivity contribution is 0.101. The van der Waals surface area contributed by atoms with E-state index < -0.39 is 20.0 Å². The van der Waals surface area contributed by atoms with Crippen molar-refractivity contribution in [3.05, 3.63) is 53.6 Å². The number of aryl methyl sites for hydroxylation is 1. The summed E-state index contributed by atoms with van der Waals surface area (Å²) >= 11 is 0. The van der Waals surface area contributed by atoms with E-state index in [4.69, 9.17) is 0 Å². The fraction of sp³-hybridized carbons (Fsp3) is 0.188. The molecule has 0 spiro atoms. The largest absolute Gasteiger partial charge is 0.295 e. The third kappa shape index (κ3) is 4.25. The average Bonchev–Trinajstić information content (AvgIpc) is 2.56. The van der Waals surface area contributed by atoms with Crippen molar-refractivity contribution in [1.29, 1.82) is 0 Å². The number of ketones is 1. The van der Waals surface area contributed by atoms with Gasteiger partial charge in [0, 0.05) is 5.56 Å². The third-order valence-corrected chi connectivity index (χ3v) is 6.52. The quantitative estimate of drug-likeness (QED) is 0.742. The molecule has 0 saturated heterocycles. The number of anilines is 1. The highest BCUT2D eigenvalue weighted by molar-refractivity contribution is 7.92. The van der Waals surface area contributed by atoms with E-state index in [1.54, 1.807) is 6.92 Å². The van der Waals surface area contributed by atoms with Crippen LogP contribution in [0.15, 0.2) is 52.3 Å². The van der Waals surface area contributed by atoms with Crippen molar-refractivity contribution < 1.29 is 21.6 Å². The summed E-state index contributed by atoms with van der Waals surface area (Å²) < 4.78 is 53.4. The SMILES string of the molecule is CNS(=O)(=O)c1cc(NS(=O)(=O)c2ccc(C(C)=O)cc2)ccc1C. The van der Waals surface area contributed by atoms with Gasteiger partial charge in [0.15, 0.2) is 5.78 Å². The molecule has 2 aromatic carbocycles. The Hall–Kier alpha value is -2.23. The highest BCUT2D eigenvalue weighted by atomic mass is 32.2. The predicted octanol–water partition coefficient (Wildman–Crippen LogP) is 1.91. The summed E-state index contributed by atoms with van der Waals surface area (Å²) in [5, 5.41) is 0. The number of rotatable bonds is 6. The van der Waals surface area contributed by atoms with Crippen molar-refractivity contribution in [1.82, 2.24) is 4.72 Å². The molecule has 2 aromatic rings. The van der Waals surface area contributed by atoms with Gasteiger partial charge in [0.2, 0.25) is 10.0 Å². The summed E-state index contributed by atoms with van der Waals surface area (Å²) in [6.45, 7) is 3.00. The zero-order valence-electron chi connectivity index (χ0n) is 13.9. The van der Waals surface area contributed by atoms with Crippen molar-refractivity contribution in [2.45, 2.75) is 23.6 Å². The van der Waals surface area contributed by atoms with Crippen LogP contribution in [0.1, 0.15) is 22.8 Å². The number of carbonyl (C=O) groups is 1. The second kappa shape index (κ2) is 6.95. The molecule has 0 aliphatic rings. The van der Waals surface area contributed by atoms with E-state index in [9.17, 15) is 21.6 Å². The lowest BCUT2D eigenvalue weighted by Crippen LogP contribution is -2.20. The van der Waals surface area contributed by atoms with Gasteiger partial charge in [-0.2, -0.15) is 0 Å². The van der Waals surface area contributed by atoms with Crippen LogP contribution in [0.4, 0.5) is 5.69 Å². The lowest BCUT2D eigenvalue weighted by Gasteiger charge is -2.12. The van der Waals surface area contributed by atoms with Gasteiger partial charge in [-0.3, -0.25) is 9.52 Å². The second-order valence-electron chi connectivity index (χ2n) is 5.37. The molecular formula is C16H18N2O5S2. The van der Waals surface area contributed by atoms with Crippen molar-refractivity contribution in [2.75, 3.05) is 11.8 Å². The van der Waals surface area contributed by atoms with Crippen LogP contribution in [0.25, 0.3) is 0 Å². The van der Waals surface area contributed by atoms with E-state index in [0.29, 0.717) is 11.1 Å². The number of hydrogen-bond acceptors (Lipinski definition) is 5. The maximum absolute atomic E-state index is 12.4. The number of carbonyl (C=O) groups excluding carboxylic acids is 1. The summed E-state index contributed by atoms with van der Waals surface area (Å²) in [7, 11) is -6.34. The molecule has 7 nitrogen and oxygen atoms in total. The standard InChI is InChI=1S/C16H18N2O5S2/c1-11-4-7-14(10-16(11)25(22,23)17-3)18-24(20,21)15-8-5-13(6-9-15)12(2)19/h4-10,17-18H,1-3H3. The van der Waals surface area contributed by atoms with Crippen LogP contribution < -0.4 is 9.44 Å². The minimum Gasteiger partial charge on any atom is -0.295 e. The van der Waals surface area contributed by atoms with Crippen LogP contribution in [0, 0.1) is 6.92 Å². The molecule has 0 heterocycles. The number of sulfonamides is 2. The Kier molecular flexibility index (Phi) is 5.31. The first-order valence-electron chi connectivity index (χ1n) is 7.25. The highest BCUT2D eigenvalue weighted by Gasteiger charge is 2.18. The molecule has 0 unspecified atom stereocenters. The predicted molar refractivity (Wildman–Crippen MR) is 94.7 cm³/mol. The summed E-state index contributed by atoms with van der Waals surface area (Å²) in [6, 6.07) is 9.72. The minimum absolute atomic E-state index is 0.0119. The van der Waals surface area contributed by atoms with Gasteiger partial charge in [-0.15, -0.1) is 0 Å². The molecule has 0 aromatic heterocycles. The molecular weight excluding hydrogens is 364 g/mol. The van der Waals surface area contributed by atoms with E-state index in [0.717, 1.165) is 0 Å². The van der Waals surface area contributed by atoms with E-state index in [1.165, 1.54) is 56.4 Å². The fourth-order valence-corrected chi connectivity index (χ4v) is 4.19. The topological polar surface area (TPSA) is 109 Å². The zero-order valence-corrected chi connectivity index (χ0v) is 15.5. The van der Waals surface area contributed by atoms with E-state index in [1.807, 2.05) is 0 Å². The fourth-order valence-electron chi connectivity index (χ4n) is 2.15. The monoisotopic (exact) mass is 382 g/mol. The summed E-state index contributed by atoms with van der Waals surface area (Å²) in [5.74, 6) is -0.169. The number of benzene rings is 2. The summed E-state index contributed by atoms with van der Waals surface area (Å²) in [4.78, 5) is 11.2. The Morgan fingerprint density at radius 2 is 1.52 bits per heavy atom. The molecule has 9 heteroatoms. The van der Waals surface area contributed by atoms with Gasteiger partial charge in [0.1, 0.15) is 0 Å². The van der Waals surface area contributed by atoms with Crippen molar-refractivity contribution in [3.8, 4) is 0 Å². The van der Waals surface area contributed by atoms with E-state index >= 15 is 0 Å². The first-order chi connectivity index (χ1) is 11.6. The second-order valence-corrected chi connectivity index (χ2v) is 8.91. The molecule has 0 amide bonds. The Balaban J connectivity index is 2.38. The van der Waals surface area contributed by atoms with E-state index in [2.05, 4.69) is 9.44 Å². The first-order valence-corrected chi connectivity index (χ1v) is 10.2. The highest BCUT2D eigenvalue weighted by Crippen LogP contribution is 2.22. The number of Topliss-reactive ketones (excluding diaryl/α,β-unsaturated/α-hetero) is 1. The lowest BCUT2D eigenvalue weighted by atomic mass is 10.2. The van der Waals surface area contributed by atoms with Gasteiger partial charge in [0.25, 0.3) is 10.0 Å². The molecule has 0 aliphatic carbocycles. The van der Waals surface area contributed by atoms with Crippen LogP contribution >= 0.6 is 0 Å². The number of nitrogens with one attached hydrogen (secondary N) is 2. The zero-order chi connectivity index (χ0) is 18.8. The smallest absolute Gasteiger partial charge is 0.261 e. The molecule has 134 valence electrons. The molecule has 0 atom stereocenters. The van der Waals surface area contributed by atoms with Crippen molar-refractivity contribution in [2.24, 2.45) is 0 Å². The van der Waals surface area contributed by atoms with Gasteiger partial charge in [-0.05, 0) is 50.7 Å². The molecule has 2 rings (SSSR count). The molecule has 0 saturated carbocycles. The van der Waals surface area contributed by atoms with Gasteiger partial charge in [0.05, 0.1) is 15.5 Å². The maximum atomic E-state index is 12.4. The Bertz CT molecular complexity index is 1010. The van der Waals surface area contributed by atoms with Crippen LogP contribution in [0.3, 0.4) is 0 Å². The Morgan fingerprint density at radius 1 is 0.920 bits per heavy atom. The molecule has 0 bridgehead atoms. The minimum atomic E-state index is -3.91. The van der Waals surface area contributed by atoms with E-state index in [-0.39, 0.29) is 21.3 Å². The van der Waals surface area contributed by atoms with Crippen LogP contribution in [-0.4, -0.2) is 29.7 Å². The summed E-state index contributed by atoms with van der Waals surface area (Å²) in [6.07, 6.45) is 0. The normalized spacial score (nSPS) is 12.0. The van der Waals surface area contributed by atoms with Gasteiger partial charge in [-0.25, -0.2) is 21.6 Å².